The van der Waals surface area contributed by atoms with Gasteiger partial charge in [-0.15, -0.1) is 0 Å². The Morgan fingerprint density at radius 3 is 2.71 bits per heavy atom. The maximum absolute atomic E-state index is 13.5. The number of halogens is 1. The van der Waals surface area contributed by atoms with Crippen LogP contribution in [0.15, 0.2) is 18.2 Å². The molecule has 0 bridgehead atoms. The van der Waals surface area contributed by atoms with Crippen LogP contribution in [0.3, 0.4) is 0 Å². The predicted molar refractivity (Wildman–Crippen MR) is 88.9 cm³/mol. The fourth-order valence-electron chi connectivity index (χ4n) is 2.63. The predicted octanol–water partition coefficient (Wildman–Crippen LogP) is 3.15. The lowest BCUT2D eigenvalue weighted by Gasteiger charge is -2.28. The van der Waals surface area contributed by atoms with E-state index in [1.54, 1.807) is 39.8 Å². The van der Waals surface area contributed by atoms with Crippen molar-refractivity contribution in [2.24, 2.45) is 0 Å². The highest BCUT2D eigenvalue weighted by atomic mass is 19.1. The fourth-order valence-corrected chi connectivity index (χ4v) is 2.63. The zero-order chi connectivity index (χ0) is 17.9. The molecule has 0 unspecified atom stereocenters. The number of ether oxygens (including phenoxy) is 1. The van der Waals surface area contributed by atoms with Crippen molar-refractivity contribution >= 4 is 12.0 Å². The summed E-state index contributed by atoms with van der Waals surface area (Å²) in [5, 5.41) is 2.78. The molecule has 1 N–H and O–H groups in total. The average Bonchev–Trinajstić information content (AvgIpc) is 2.96. The monoisotopic (exact) mass is 336 g/mol. The summed E-state index contributed by atoms with van der Waals surface area (Å²) in [6, 6.07) is 4.34. The Labute approximate surface area is 142 Å². The molecule has 0 aliphatic carbocycles. The number of aryl methyl sites for hydroxylation is 1. The van der Waals surface area contributed by atoms with Crippen molar-refractivity contribution in [2.75, 3.05) is 6.54 Å². The molecule has 1 aromatic rings. The van der Waals surface area contributed by atoms with Crippen LogP contribution in [-0.2, 0) is 16.1 Å². The Hall–Kier alpha value is -2.11. The molecule has 0 spiro atoms. The summed E-state index contributed by atoms with van der Waals surface area (Å²) in [6.07, 6.45) is 0.894. The molecule has 132 valence electrons. The van der Waals surface area contributed by atoms with Gasteiger partial charge in [0.05, 0.1) is 0 Å². The van der Waals surface area contributed by atoms with E-state index in [1.165, 1.54) is 11.0 Å². The minimum absolute atomic E-state index is 0.231. The van der Waals surface area contributed by atoms with Gasteiger partial charge in [0.2, 0.25) is 5.91 Å². The molecular weight excluding hydrogens is 311 g/mol. The number of hydrogen-bond acceptors (Lipinski definition) is 3. The molecule has 0 radical (unpaired) electrons. The first-order chi connectivity index (χ1) is 11.2. The summed E-state index contributed by atoms with van der Waals surface area (Å²) in [7, 11) is 0. The van der Waals surface area contributed by atoms with E-state index < -0.39 is 17.7 Å². The summed E-state index contributed by atoms with van der Waals surface area (Å²) >= 11 is 0. The number of benzene rings is 1. The Balaban J connectivity index is 1.95. The van der Waals surface area contributed by atoms with Gasteiger partial charge in [-0.1, -0.05) is 12.1 Å². The van der Waals surface area contributed by atoms with E-state index in [4.69, 9.17) is 4.74 Å². The molecule has 1 fully saturated rings. The maximum atomic E-state index is 13.5. The van der Waals surface area contributed by atoms with Crippen molar-refractivity contribution in [3.8, 4) is 0 Å². The van der Waals surface area contributed by atoms with Gasteiger partial charge in [0.1, 0.15) is 17.5 Å². The van der Waals surface area contributed by atoms with E-state index in [-0.39, 0.29) is 18.3 Å². The molecule has 5 nitrogen and oxygen atoms in total. The van der Waals surface area contributed by atoms with Crippen LogP contribution in [0.2, 0.25) is 0 Å². The topological polar surface area (TPSA) is 58.6 Å². The molecule has 1 atom stereocenters. The molecule has 1 heterocycles. The zero-order valence-corrected chi connectivity index (χ0v) is 14.7. The lowest BCUT2D eigenvalue weighted by molar-refractivity contribution is -0.125. The Morgan fingerprint density at radius 2 is 2.08 bits per heavy atom. The van der Waals surface area contributed by atoms with Gasteiger partial charge in [-0.05, 0) is 57.7 Å². The highest BCUT2D eigenvalue weighted by Gasteiger charge is 2.36. The Kier molecular flexibility index (Phi) is 5.47. The van der Waals surface area contributed by atoms with Gasteiger partial charge in [-0.25, -0.2) is 9.18 Å². The van der Waals surface area contributed by atoms with E-state index in [0.717, 1.165) is 6.42 Å². The summed E-state index contributed by atoms with van der Waals surface area (Å²) in [6.45, 7) is 7.81. The largest absolute Gasteiger partial charge is 0.444 e. The summed E-state index contributed by atoms with van der Waals surface area (Å²) in [5.74, 6) is -0.530. The van der Waals surface area contributed by atoms with Gasteiger partial charge in [0.15, 0.2) is 0 Å². The van der Waals surface area contributed by atoms with Gasteiger partial charge in [0, 0.05) is 13.1 Å². The van der Waals surface area contributed by atoms with Crippen LogP contribution in [0.4, 0.5) is 9.18 Å². The lowest BCUT2D eigenvalue weighted by atomic mass is 10.1. The number of amides is 2. The van der Waals surface area contributed by atoms with Crippen LogP contribution >= 0.6 is 0 Å². The molecule has 0 aromatic heterocycles. The molecule has 6 heteroatoms. The third-order valence-corrected chi connectivity index (χ3v) is 3.89. The molecular formula is C18H25FN2O3. The van der Waals surface area contributed by atoms with Crippen LogP contribution in [-0.4, -0.2) is 35.1 Å². The number of nitrogens with zero attached hydrogens (tertiary/aromatic N) is 1. The Morgan fingerprint density at radius 1 is 1.38 bits per heavy atom. The molecule has 0 saturated carbocycles. The smallest absolute Gasteiger partial charge is 0.410 e. The van der Waals surface area contributed by atoms with Crippen molar-refractivity contribution in [2.45, 2.75) is 58.7 Å². The third-order valence-electron chi connectivity index (χ3n) is 3.89. The van der Waals surface area contributed by atoms with Crippen molar-refractivity contribution in [3.05, 3.63) is 35.1 Å². The SMILES string of the molecule is Cc1ccc(CNC(=O)[C@H]2CCCN2C(=O)OC(C)(C)C)cc1F. The van der Waals surface area contributed by atoms with Crippen LogP contribution < -0.4 is 5.32 Å². The molecule has 1 aliphatic heterocycles. The molecule has 2 amide bonds. The van der Waals surface area contributed by atoms with Gasteiger partial charge in [-0.3, -0.25) is 9.69 Å². The van der Waals surface area contributed by atoms with Crippen LogP contribution in [0.5, 0.6) is 0 Å². The lowest BCUT2D eigenvalue weighted by Crippen LogP contribution is -2.47. The van der Waals surface area contributed by atoms with E-state index in [0.29, 0.717) is 24.1 Å². The van der Waals surface area contributed by atoms with E-state index in [1.807, 2.05) is 0 Å². The first-order valence-corrected chi connectivity index (χ1v) is 8.20. The van der Waals surface area contributed by atoms with Crippen molar-refractivity contribution in [1.82, 2.24) is 10.2 Å². The first kappa shape index (κ1) is 18.2. The molecule has 2 rings (SSSR count). The van der Waals surface area contributed by atoms with Crippen molar-refractivity contribution in [1.29, 1.82) is 0 Å². The van der Waals surface area contributed by atoms with Gasteiger partial charge < -0.3 is 10.1 Å². The quantitative estimate of drug-likeness (QED) is 0.922. The fraction of sp³-hybridized carbons (Fsp3) is 0.556. The standard InChI is InChI=1S/C18H25FN2O3/c1-12-7-8-13(10-14(12)19)11-20-16(22)15-6-5-9-21(15)17(23)24-18(2,3)4/h7-8,10,15H,5-6,9,11H2,1-4H3,(H,20,22)/t15-/m1/s1. The summed E-state index contributed by atoms with van der Waals surface area (Å²) in [5.41, 5.74) is 0.658. The normalized spacial score (nSPS) is 17.7. The molecule has 24 heavy (non-hydrogen) atoms. The molecule has 1 aliphatic rings. The second kappa shape index (κ2) is 7.20. The van der Waals surface area contributed by atoms with E-state index in [9.17, 15) is 14.0 Å². The number of carbonyl (C=O) groups excluding carboxylic acids is 2. The first-order valence-electron chi connectivity index (χ1n) is 8.20. The minimum atomic E-state index is -0.597. The number of carbonyl (C=O) groups is 2. The summed E-state index contributed by atoms with van der Waals surface area (Å²) < 4.78 is 18.9. The summed E-state index contributed by atoms with van der Waals surface area (Å²) in [4.78, 5) is 26.1. The van der Waals surface area contributed by atoms with Crippen LogP contribution in [0.25, 0.3) is 0 Å². The number of likely N-dealkylation sites (tertiary alicyclic amines) is 1. The van der Waals surface area contributed by atoms with E-state index >= 15 is 0 Å². The number of rotatable bonds is 3. The highest BCUT2D eigenvalue weighted by Crippen LogP contribution is 2.21. The molecule has 1 aromatic carbocycles. The van der Waals surface area contributed by atoms with Crippen molar-refractivity contribution in [3.63, 3.8) is 0 Å². The zero-order valence-electron chi connectivity index (χ0n) is 14.7. The van der Waals surface area contributed by atoms with Gasteiger partial charge in [0.25, 0.3) is 0 Å². The van der Waals surface area contributed by atoms with Gasteiger partial charge >= 0.3 is 6.09 Å². The van der Waals surface area contributed by atoms with Gasteiger partial charge in [-0.2, -0.15) is 0 Å². The molecule has 1 saturated heterocycles. The van der Waals surface area contributed by atoms with E-state index in [2.05, 4.69) is 5.32 Å². The maximum Gasteiger partial charge on any atom is 0.410 e. The van der Waals surface area contributed by atoms with Crippen molar-refractivity contribution < 1.29 is 18.7 Å². The second-order valence-electron chi connectivity index (χ2n) is 7.13. The minimum Gasteiger partial charge on any atom is -0.444 e. The van der Waals surface area contributed by atoms with Crippen LogP contribution in [0, 0.1) is 12.7 Å². The number of hydrogen-bond donors (Lipinski definition) is 1. The van der Waals surface area contributed by atoms with Crippen LogP contribution in [0.1, 0.15) is 44.7 Å². The average molecular weight is 336 g/mol. The number of nitrogens with one attached hydrogen (secondary N) is 1. The Bertz CT molecular complexity index is 625. The second-order valence-corrected chi connectivity index (χ2v) is 7.13. The third kappa shape index (κ3) is 4.69. The highest BCUT2D eigenvalue weighted by molar-refractivity contribution is 5.86.